The molecule has 1 aromatic carbocycles. The molecule has 0 saturated carbocycles. The van der Waals surface area contributed by atoms with Crippen LogP contribution in [0, 0.1) is 9.39 Å². The molecule has 0 aliphatic heterocycles. The van der Waals surface area contributed by atoms with E-state index in [4.69, 9.17) is 14.3 Å². The van der Waals surface area contributed by atoms with Crippen molar-refractivity contribution in [1.82, 2.24) is 14.6 Å². The third-order valence-electron chi connectivity index (χ3n) is 4.07. The highest BCUT2D eigenvalue weighted by Gasteiger charge is 2.22. The summed E-state index contributed by atoms with van der Waals surface area (Å²) in [5, 5.41) is 2.70. The van der Waals surface area contributed by atoms with Crippen molar-refractivity contribution in [3.05, 3.63) is 48.4 Å². The van der Waals surface area contributed by atoms with E-state index in [0.29, 0.717) is 3.57 Å². The molecule has 176 valence electrons. The van der Waals surface area contributed by atoms with Crippen LogP contribution in [-0.2, 0) is 23.2 Å². The number of benzene rings is 1. The number of halogens is 2. The van der Waals surface area contributed by atoms with Gasteiger partial charge in [-0.3, -0.25) is 18.8 Å². The predicted octanol–water partition coefficient (Wildman–Crippen LogP) is 2.89. The van der Waals surface area contributed by atoms with Crippen LogP contribution in [0.3, 0.4) is 0 Å². The van der Waals surface area contributed by atoms with E-state index in [0.717, 1.165) is 9.13 Å². The highest BCUT2D eigenvalue weighted by atomic mass is 127. The van der Waals surface area contributed by atoms with Crippen LogP contribution in [0.2, 0.25) is 0 Å². The summed E-state index contributed by atoms with van der Waals surface area (Å²) >= 11 is 1.95. The van der Waals surface area contributed by atoms with Gasteiger partial charge >= 0.3 is 17.3 Å². The van der Waals surface area contributed by atoms with E-state index in [2.05, 4.69) is 5.32 Å². The van der Waals surface area contributed by atoms with E-state index in [9.17, 15) is 18.8 Å². The average molecular weight is 564 g/mol. The predicted molar refractivity (Wildman–Crippen MR) is 125 cm³/mol. The Morgan fingerprint density at radius 2 is 1.91 bits per heavy atom. The average Bonchev–Trinajstić information content (AvgIpc) is 2.70. The molecule has 32 heavy (non-hydrogen) atoms. The molecule has 0 aliphatic carbocycles. The number of aromatic nitrogens is 2. The number of ether oxygens (including phenoxy) is 2. The van der Waals surface area contributed by atoms with Gasteiger partial charge in [0, 0.05) is 17.2 Å². The third kappa shape index (κ3) is 6.77. The van der Waals surface area contributed by atoms with E-state index in [-0.39, 0.29) is 36.9 Å². The summed E-state index contributed by atoms with van der Waals surface area (Å²) in [7, 11) is 1.25. The van der Waals surface area contributed by atoms with Crippen molar-refractivity contribution < 1.29 is 23.5 Å². The molecule has 0 unspecified atom stereocenters. The summed E-state index contributed by atoms with van der Waals surface area (Å²) in [6.07, 6.45) is -1.09. The fraction of sp³-hybridized carbons (Fsp3) is 0.450. The van der Waals surface area contributed by atoms with Gasteiger partial charge in [-0.05, 0) is 68.5 Å². The maximum atomic E-state index is 14.4. The number of carbonyl (C=O) groups is 1. The second kappa shape index (κ2) is 10.9. The normalized spacial score (nSPS) is 11.3. The van der Waals surface area contributed by atoms with Gasteiger partial charge in [0.25, 0.3) is 0 Å². The molecule has 2 aromatic rings. The van der Waals surface area contributed by atoms with Gasteiger partial charge in [0.15, 0.2) is 5.82 Å². The van der Waals surface area contributed by atoms with Crippen LogP contribution in [-0.4, -0.2) is 34.0 Å². The van der Waals surface area contributed by atoms with Crippen molar-refractivity contribution in [3.8, 4) is 5.75 Å². The molecule has 2 rings (SSSR count). The number of hydrogen-bond acceptors (Lipinski definition) is 7. The first kappa shape index (κ1) is 25.8. The third-order valence-corrected chi connectivity index (χ3v) is 4.74. The van der Waals surface area contributed by atoms with Crippen LogP contribution < -0.4 is 26.8 Å². The van der Waals surface area contributed by atoms with Gasteiger partial charge in [-0.2, -0.15) is 5.48 Å². The van der Waals surface area contributed by atoms with Crippen LogP contribution in [0.1, 0.15) is 27.7 Å². The first-order valence-corrected chi connectivity index (χ1v) is 10.8. The molecule has 12 heteroatoms. The van der Waals surface area contributed by atoms with Crippen molar-refractivity contribution >= 4 is 40.2 Å². The van der Waals surface area contributed by atoms with Crippen LogP contribution in [0.5, 0.6) is 5.75 Å². The van der Waals surface area contributed by atoms with E-state index < -0.39 is 28.9 Å². The van der Waals surface area contributed by atoms with Gasteiger partial charge in [-0.1, -0.05) is 0 Å². The van der Waals surface area contributed by atoms with Gasteiger partial charge in [0.1, 0.15) is 5.82 Å². The Morgan fingerprint density at radius 1 is 1.22 bits per heavy atom. The van der Waals surface area contributed by atoms with Crippen LogP contribution in [0.15, 0.2) is 27.8 Å². The van der Waals surface area contributed by atoms with Crippen LogP contribution >= 0.6 is 22.6 Å². The lowest BCUT2D eigenvalue weighted by atomic mass is 10.2. The van der Waals surface area contributed by atoms with E-state index in [1.807, 2.05) is 48.8 Å². The van der Waals surface area contributed by atoms with Crippen molar-refractivity contribution in [3.63, 3.8) is 0 Å². The Balaban J connectivity index is 2.29. The lowest BCUT2D eigenvalue weighted by Crippen LogP contribution is -2.41. The van der Waals surface area contributed by atoms with Gasteiger partial charge in [-0.15, -0.1) is 0 Å². The molecule has 2 N–H and O–H groups in total. The van der Waals surface area contributed by atoms with Gasteiger partial charge in [0.2, 0.25) is 5.75 Å². The molecule has 0 aliphatic rings. The Morgan fingerprint density at radius 3 is 2.50 bits per heavy atom. The molecule has 0 saturated heterocycles. The molecular weight excluding hydrogens is 538 g/mol. The molecule has 1 aromatic heterocycles. The molecule has 10 nitrogen and oxygen atoms in total. The fourth-order valence-corrected chi connectivity index (χ4v) is 3.03. The Labute approximate surface area is 197 Å². The van der Waals surface area contributed by atoms with E-state index in [1.165, 1.54) is 19.2 Å². The van der Waals surface area contributed by atoms with E-state index in [1.54, 1.807) is 13.0 Å². The minimum absolute atomic E-state index is 0.00102. The van der Waals surface area contributed by atoms with Crippen LogP contribution in [0.25, 0.3) is 0 Å². The molecular formula is C20H26FIN4O6. The van der Waals surface area contributed by atoms with E-state index >= 15 is 0 Å². The van der Waals surface area contributed by atoms with Crippen molar-refractivity contribution in [1.29, 1.82) is 0 Å². The van der Waals surface area contributed by atoms with Crippen molar-refractivity contribution in [2.75, 3.05) is 18.5 Å². The highest BCUT2D eigenvalue weighted by molar-refractivity contribution is 14.1. The molecule has 0 bridgehead atoms. The maximum absolute atomic E-state index is 14.4. The Kier molecular flexibility index (Phi) is 8.81. The summed E-state index contributed by atoms with van der Waals surface area (Å²) in [4.78, 5) is 42.4. The SMILES string of the molecule is CCn1c(Nc2ccc(I)cc2F)c(OC(=O)NOCCOC(C)(C)C)c(=O)n(C)c1=O. The largest absolute Gasteiger partial charge is 0.437 e. The smallest absolute Gasteiger partial charge is 0.399 e. The highest BCUT2D eigenvalue weighted by Crippen LogP contribution is 2.26. The van der Waals surface area contributed by atoms with Gasteiger partial charge < -0.3 is 14.8 Å². The quantitative estimate of drug-likeness (QED) is 0.288. The summed E-state index contributed by atoms with van der Waals surface area (Å²) in [5.74, 6) is -1.25. The fourth-order valence-electron chi connectivity index (χ4n) is 2.58. The molecule has 1 heterocycles. The standard InChI is InChI=1S/C20H26FIN4O6/c1-6-26-16(23-14-8-7-12(22)11-13(14)21)15(17(27)25(5)19(26)29)32-18(28)24-31-10-9-30-20(2,3)4/h7-8,11,23H,6,9-10H2,1-5H3,(H,24,28). The summed E-state index contributed by atoms with van der Waals surface area (Å²) in [5.41, 5.74) is 0.148. The Hall–Kier alpha value is -2.45. The number of rotatable bonds is 8. The first-order valence-electron chi connectivity index (χ1n) is 9.74. The van der Waals surface area contributed by atoms with Crippen LogP contribution in [0.4, 0.5) is 20.7 Å². The molecule has 0 radical (unpaired) electrons. The maximum Gasteiger partial charge on any atom is 0.437 e. The first-order chi connectivity index (χ1) is 14.9. The number of hydroxylamine groups is 1. The summed E-state index contributed by atoms with van der Waals surface area (Å²) in [6.45, 7) is 7.65. The number of nitrogens with one attached hydrogen (secondary N) is 2. The number of anilines is 2. The zero-order valence-corrected chi connectivity index (χ0v) is 20.6. The number of nitrogens with zero attached hydrogens (tertiary/aromatic N) is 2. The van der Waals surface area contributed by atoms with Crippen molar-refractivity contribution in [2.24, 2.45) is 7.05 Å². The van der Waals surface area contributed by atoms with Crippen molar-refractivity contribution in [2.45, 2.75) is 39.8 Å². The number of amides is 1. The number of carbonyl (C=O) groups excluding carboxylic acids is 1. The lowest BCUT2D eigenvalue weighted by Gasteiger charge is -2.19. The van der Waals surface area contributed by atoms with Gasteiger partial charge in [0.05, 0.1) is 24.5 Å². The molecule has 0 atom stereocenters. The zero-order valence-electron chi connectivity index (χ0n) is 18.5. The zero-order chi connectivity index (χ0) is 24.1. The minimum Gasteiger partial charge on any atom is -0.399 e. The second-order valence-corrected chi connectivity index (χ2v) is 8.86. The Bertz CT molecular complexity index is 1090. The molecule has 0 fully saturated rings. The molecule has 1 amide bonds. The molecule has 0 spiro atoms. The van der Waals surface area contributed by atoms with Gasteiger partial charge in [-0.25, -0.2) is 14.0 Å². The minimum atomic E-state index is -1.09. The summed E-state index contributed by atoms with van der Waals surface area (Å²) in [6, 6.07) is 4.36. The second-order valence-electron chi connectivity index (χ2n) is 7.62. The monoisotopic (exact) mass is 564 g/mol. The topological polar surface area (TPSA) is 113 Å². The summed E-state index contributed by atoms with van der Waals surface area (Å²) < 4.78 is 27.6. The lowest BCUT2D eigenvalue weighted by molar-refractivity contribution is -0.0514. The number of hydrogen-bond donors (Lipinski definition) is 2.